The third-order valence-corrected chi connectivity index (χ3v) is 6.33. The van der Waals surface area contributed by atoms with Gasteiger partial charge in [-0.15, -0.1) is 12.4 Å². The van der Waals surface area contributed by atoms with E-state index in [1.165, 1.54) is 55.7 Å². The minimum absolute atomic E-state index is 0. The fraction of sp³-hybridized carbons (Fsp3) is 0.385. The van der Waals surface area contributed by atoms with E-state index in [4.69, 9.17) is 10.5 Å². The molecule has 0 unspecified atom stereocenters. The largest absolute Gasteiger partial charge is 0.438 e. The van der Waals surface area contributed by atoms with E-state index < -0.39 is 5.91 Å². The number of halogens is 1. The number of hydrogen-bond donors (Lipinski definition) is 2. The van der Waals surface area contributed by atoms with E-state index in [1.807, 2.05) is 12.1 Å². The number of primary amides is 1. The van der Waals surface area contributed by atoms with Gasteiger partial charge < -0.3 is 15.8 Å². The van der Waals surface area contributed by atoms with Crippen molar-refractivity contribution in [2.24, 2.45) is 11.7 Å². The summed E-state index contributed by atoms with van der Waals surface area (Å²) in [6, 6.07) is 16.3. The predicted octanol–water partition coefficient (Wildman–Crippen LogP) is 6.00. The highest BCUT2D eigenvalue weighted by molar-refractivity contribution is 5.92. The average molecular weight is 454 g/mol. The second kappa shape index (κ2) is 11.3. The Morgan fingerprint density at radius 3 is 2.47 bits per heavy atom. The van der Waals surface area contributed by atoms with Crippen molar-refractivity contribution < 1.29 is 9.53 Å². The molecule has 4 rings (SSSR count). The lowest BCUT2D eigenvalue weighted by Gasteiger charge is -2.29. The number of carbonyl (C=O) groups excluding carboxylic acids is 1. The van der Waals surface area contributed by atoms with Crippen molar-refractivity contribution in [1.29, 1.82) is 0 Å². The van der Waals surface area contributed by atoms with Crippen LogP contribution < -0.4 is 15.8 Å². The molecule has 6 heteroatoms. The van der Waals surface area contributed by atoms with E-state index in [9.17, 15) is 4.79 Å². The summed E-state index contributed by atoms with van der Waals surface area (Å²) in [5.74, 6) is 1.61. The van der Waals surface area contributed by atoms with E-state index in [1.54, 1.807) is 12.1 Å². The molecule has 1 fully saturated rings. The van der Waals surface area contributed by atoms with Crippen LogP contribution in [0.5, 0.6) is 11.6 Å². The van der Waals surface area contributed by atoms with Gasteiger partial charge in [0.25, 0.3) is 0 Å². The van der Waals surface area contributed by atoms with Gasteiger partial charge in [-0.25, -0.2) is 4.98 Å². The minimum Gasteiger partial charge on any atom is -0.438 e. The van der Waals surface area contributed by atoms with Crippen LogP contribution in [0, 0.1) is 5.92 Å². The van der Waals surface area contributed by atoms with Gasteiger partial charge in [-0.2, -0.15) is 0 Å². The second-order valence-corrected chi connectivity index (χ2v) is 8.51. The smallest absolute Gasteiger partial charge is 0.250 e. The van der Waals surface area contributed by atoms with Crippen molar-refractivity contribution in [2.45, 2.75) is 58.0 Å². The second-order valence-electron chi connectivity index (χ2n) is 8.51. The van der Waals surface area contributed by atoms with Gasteiger partial charge >= 0.3 is 0 Å². The maximum atomic E-state index is 11.2. The average Bonchev–Trinajstić information content (AvgIpc) is 2.80. The summed E-state index contributed by atoms with van der Waals surface area (Å²) >= 11 is 0. The van der Waals surface area contributed by atoms with Gasteiger partial charge in [0.15, 0.2) is 0 Å². The summed E-state index contributed by atoms with van der Waals surface area (Å²) in [7, 11) is 0. The first-order valence-electron chi connectivity index (χ1n) is 11.3. The number of nitrogens with two attached hydrogens (primary N) is 1. The van der Waals surface area contributed by atoms with Crippen LogP contribution in [0.15, 0.2) is 54.7 Å². The summed E-state index contributed by atoms with van der Waals surface area (Å²) in [6.45, 7) is 3.14. The van der Waals surface area contributed by atoms with Crippen LogP contribution in [0.4, 0.5) is 0 Å². The molecule has 1 amide bonds. The fourth-order valence-electron chi connectivity index (χ4n) is 4.59. The number of carbonyl (C=O) groups is 1. The number of nitrogens with zero attached hydrogens (tertiary/aromatic N) is 1. The molecule has 0 spiro atoms. The fourth-order valence-corrected chi connectivity index (χ4v) is 4.59. The Morgan fingerprint density at radius 2 is 1.81 bits per heavy atom. The topological polar surface area (TPSA) is 77.2 Å². The highest BCUT2D eigenvalue weighted by Crippen LogP contribution is 2.32. The molecule has 32 heavy (non-hydrogen) atoms. The van der Waals surface area contributed by atoms with E-state index in [0.717, 1.165) is 23.6 Å². The quantitative estimate of drug-likeness (QED) is 0.438. The lowest BCUT2D eigenvalue weighted by atomic mass is 9.83. The SMILES string of the molecule is CCC[C@H]1CC[C@@H](NCc2ccc(Oc3ccc(C(N)=O)cn3)c3ccccc23)CC1.Cl. The molecule has 1 aromatic heterocycles. The monoisotopic (exact) mass is 453 g/mol. The van der Waals surface area contributed by atoms with E-state index in [0.29, 0.717) is 17.5 Å². The minimum atomic E-state index is -0.500. The van der Waals surface area contributed by atoms with E-state index >= 15 is 0 Å². The Kier molecular flexibility index (Phi) is 8.48. The zero-order valence-corrected chi connectivity index (χ0v) is 19.4. The van der Waals surface area contributed by atoms with Crippen LogP contribution in [0.2, 0.25) is 0 Å². The molecule has 0 bridgehead atoms. The lowest BCUT2D eigenvalue weighted by molar-refractivity contribution is 0.1000. The van der Waals surface area contributed by atoms with Gasteiger partial charge in [-0.3, -0.25) is 4.79 Å². The molecule has 1 heterocycles. The number of rotatable bonds is 8. The normalized spacial score (nSPS) is 18.2. The van der Waals surface area contributed by atoms with E-state index in [2.05, 4.69) is 41.5 Å². The van der Waals surface area contributed by atoms with Crippen LogP contribution in [0.1, 0.15) is 61.4 Å². The van der Waals surface area contributed by atoms with Gasteiger partial charge in [-0.1, -0.05) is 50.1 Å². The Hall–Kier alpha value is -2.63. The molecule has 170 valence electrons. The highest BCUT2D eigenvalue weighted by atomic mass is 35.5. The third-order valence-electron chi connectivity index (χ3n) is 6.33. The van der Waals surface area contributed by atoms with Crippen LogP contribution in [-0.2, 0) is 6.54 Å². The zero-order chi connectivity index (χ0) is 21.6. The molecule has 3 N–H and O–H groups in total. The maximum absolute atomic E-state index is 11.2. The zero-order valence-electron chi connectivity index (χ0n) is 18.5. The number of fused-ring (bicyclic) bond motifs is 1. The third kappa shape index (κ3) is 5.78. The summed E-state index contributed by atoms with van der Waals surface area (Å²) < 4.78 is 6.03. The van der Waals surface area contributed by atoms with Crippen LogP contribution in [-0.4, -0.2) is 16.9 Å². The molecule has 1 aliphatic carbocycles. The van der Waals surface area contributed by atoms with Crippen molar-refractivity contribution in [3.63, 3.8) is 0 Å². The summed E-state index contributed by atoms with van der Waals surface area (Å²) in [5.41, 5.74) is 6.92. The van der Waals surface area contributed by atoms with Gasteiger partial charge in [-0.05, 0) is 54.7 Å². The molecule has 5 nitrogen and oxygen atoms in total. The van der Waals surface area contributed by atoms with E-state index in [-0.39, 0.29) is 12.4 Å². The molecule has 0 saturated heterocycles. The summed E-state index contributed by atoms with van der Waals surface area (Å²) in [4.78, 5) is 15.4. The molecule has 1 aliphatic rings. The van der Waals surface area contributed by atoms with Gasteiger partial charge in [0, 0.05) is 30.2 Å². The van der Waals surface area contributed by atoms with Crippen LogP contribution in [0.3, 0.4) is 0 Å². The Bertz CT molecular complexity index is 1030. The summed E-state index contributed by atoms with van der Waals surface area (Å²) in [6.07, 6.45) is 9.36. The van der Waals surface area contributed by atoms with Crippen molar-refractivity contribution in [3.05, 3.63) is 65.9 Å². The van der Waals surface area contributed by atoms with Crippen molar-refractivity contribution >= 4 is 29.1 Å². The standard InChI is InChI=1S/C26H31N3O2.ClH/c1-2-5-18-8-12-21(13-9-18)28-16-19-10-14-24(23-7-4-3-6-22(19)23)31-25-15-11-20(17-29-25)26(27)30;/h3-4,6-7,10-11,14-15,17-18,21,28H,2,5,8-9,12-13,16H2,1H3,(H2,27,30);1H/t18-,21+;. The first-order chi connectivity index (χ1) is 15.1. The van der Waals surface area contributed by atoms with Crippen molar-refractivity contribution in [1.82, 2.24) is 10.3 Å². The van der Waals surface area contributed by atoms with Crippen LogP contribution in [0.25, 0.3) is 10.8 Å². The molecule has 2 aromatic carbocycles. The van der Waals surface area contributed by atoms with Gasteiger partial charge in [0.05, 0.1) is 5.56 Å². The Balaban J connectivity index is 0.00000289. The number of benzene rings is 2. The first-order valence-corrected chi connectivity index (χ1v) is 11.3. The van der Waals surface area contributed by atoms with Crippen LogP contribution >= 0.6 is 12.4 Å². The molecule has 0 aliphatic heterocycles. The highest BCUT2D eigenvalue weighted by Gasteiger charge is 2.20. The number of pyridine rings is 1. The van der Waals surface area contributed by atoms with Crippen molar-refractivity contribution in [3.8, 4) is 11.6 Å². The first kappa shape index (κ1) is 24.0. The Labute approximate surface area is 196 Å². The number of aromatic nitrogens is 1. The lowest BCUT2D eigenvalue weighted by Crippen LogP contribution is -2.32. The Morgan fingerprint density at radius 1 is 1.06 bits per heavy atom. The van der Waals surface area contributed by atoms with Gasteiger partial charge in [0.2, 0.25) is 11.8 Å². The maximum Gasteiger partial charge on any atom is 0.250 e. The summed E-state index contributed by atoms with van der Waals surface area (Å²) in [5, 5.41) is 6.01. The molecule has 0 atom stereocenters. The number of nitrogens with one attached hydrogen (secondary N) is 1. The molecule has 1 saturated carbocycles. The predicted molar refractivity (Wildman–Crippen MR) is 132 cm³/mol. The molecule has 3 aromatic rings. The van der Waals surface area contributed by atoms with Crippen molar-refractivity contribution in [2.75, 3.05) is 0 Å². The van der Waals surface area contributed by atoms with Gasteiger partial charge in [0.1, 0.15) is 5.75 Å². The number of amides is 1. The number of hydrogen-bond acceptors (Lipinski definition) is 4. The molecule has 0 radical (unpaired) electrons. The molecular formula is C26H32ClN3O2. The number of ether oxygens (including phenoxy) is 1. The molecular weight excluding hydrogens is 422 g/mol.